The molecule has 0 fully saturated rings. The highest BCUT2D eigenvalue weighted by Crippen LogP contribution is 2.17. The highest BCUT2D eigenvalue weighted by molar-refractivity contribution is 7.98. The number of aromatic nitrogens is 4. The van der Waals surface area contributed by atoms with E-state index in [0.29, 0.717) is 23.4 Å². The molecule has 7 nitrogen and oxygen atoms in total. The van der Waals surface area contributed by atoms with Crippen LogP contribution in [0.4, 0.5) is 11.6 Å². The highest BCUT2D eigenvalue weighted by Gasteiger charge is 2.05. The molecule has 0 saturated heterocycles. The Hall–Kier alpha value is -1.83. The summed E-state index contributed by atoms with van der Waals surface area (Å²) in [6.45, 7) is 2.22. The van der Waals surface area contributed by atoms with Gasteiger partial charge < -0.3 is 15.2 Å². The van der Waals surface area contributed by atoms with Gasteiger partial charge in [-0.2, -0.15) is 4.98 Å². The maximum Gasteiger partial charge on any atom is 0.223 e. The fourth-order valence-electron chi connectivity index (χ4n) is 1.32. The molecule has 0 saturated carbocycles. The Labute approximate surface area is 109 Å². The minimum absolute atomic E-state index is 0.464. The van der Waals surface area contributed by atoms with Gasteiger partial charge in [-0.3, -0.25) is 0 Å². The van der Waals surface area contributed by atoms with Crippen molar-refractivity contribution in [3.8, 4) is 0 Å². The van der Waals surface area contributed by atoms with Gasteiger partial charge in [0, 0.05) is 20.0 Å². The van der Waals surface area contributed by atoms with Crippen molar-refractivity contribution < 1.29 is 4.52 Å². The van der Waals surface area contributed by atoms with Gasteiger partial charge in [0.25, 0.3) is 0 Å². The van der Waals surface area contributed by atoms with Crippen LogP contribution in [0, 0.1) is 6.92 Å². The van der Waals surface area contributed by atoms with E-state index in [1.54, 1.807) is 6.92 Å². The van der Waals surface area contributed by atoms with E-state index in [4.69, 9.17) is 4.52 Å². The largest absolute Gasteiger partial charge is 0.373 e. The molecule has 2 aromatic rings. The second-order valence-corrected chi connectivity index (χ2v) is 4.23. The van der Waals surface area contributed by atoms with Gasteiger partial charge in [0.15, 0.2) is 11.0 Å². The summed E-state index contributed by atoms with van der Waals surface area (Å²) in [5.41, 5.74) is 0. The van der Waals surface area contributed by atoms with Crippen LogP contribution in [-0.4, -0.2) is 33.4 Å². The van der Waals surface area contributed by atoms with Crippen molar-refractivity contribution in [3.63, 3.8) is 0 Å². The molecule has 2 N–H and O–H groups in total. The first-order chi connectivity index (χ1) is 8.71. The highest BCUT2D eigenvalue weighted by atomic mass is 32.2. The Morgan fingerprint density at radius 1 is 1.28 bits per heavy atom. The number of anilines is 2. The summed E-state index contributed by atoms with van der Waals surface area (Å²) in [4.78, 5) is 12.7. The van der Waals surface area contributed by atoms with Crippen LogP contribution in [0.15, 0.2) is 15.7 Å². The number of aryl methyl sites for hydroxylation is 1. The van der Waals surface area contributed by atoms with Crippen molar-refractivity contribution in [1.29, 1.82) is 0 Å². The molecule has 0 aliphatic heterocycles. The lowest BCUT2D eigenvalue weighted by Crippen LogP contribution is -2.05. The smallest absolute Gasteiger partial charge is 0.223 e. The number of nitrogens with one attached hydrogen (secondary N) is 2. The average molecular weight is 266 g/mol. The van der Waals surface area contributed by atoms with Gasteiger partial charge in [0.05, 0.1) is 6.54 Å². The van der Waals surface area contributed by atoms with E-state index in [1.165, 1.54) is 11.8 Å². The predicted octanol–water partition coefficient (Wildman–Crippen LogP) is 1.54. The molecule has 0 aliphatic rings. The van der Waals surface area contributed by atoms with Crippen molar-refractivity contribution in [1.82, 2.24) is 20.1 Å². The van der Waals surface area contributed by atoms with E-state index in [-0.39, 0.29) is 0 Å². The van der Waals surface area contributed by atoms with Crippen molar-refractivity contribution in [2.45, 2.75) is 18.6 Å². The SMILES string of the molecule is CNc1cc(NCc2noc(C)n2)nc(SC)n1. The van der Waals surface area contributed by atoms with E-state index in [1.807, 2.05) is 19.4 Å². The molecule has 0 aliphatic carbocycles. The molecular formula is C10H14N6OS. The lowest BCUT2D eigenvalue weighted by Gasteiger charge is -2.07. The number of nitrogens with zero attached hydrogens (tertiary/aromatic N) is 4. The van der Waals surface area contributed by atoms with Crippen molar-refractivity contribution in [2.24, 2.45) is 0 Å². The molecule has 2 rings (SSSR count). The standard InChI is InChI=1S/C10H14N6OS/c1-6-13-9(16-17-6)5-12-8-4-7(11-2)14-10(15-8)18-3/h4H,5H2,1-3H3,(H2,11,12,14,15). The van der Waals surface area contributed by atoms with Crippen LogP contribution in [-0.2, 0) is 6.54 Å². The van der Waals surface area contributed by atoms with Crippen molar-refractivity contribution >= 4 is 23.4 Å². The summed E-state index contributed by atoms with van der Waals surface area (Å²) >= 11 is 1.49. The number of hydrogen-bond acceptors (Lipinski definition) is 8. The van der Waals surface area contributed by atoms with Gasteiger partial charge in [-0.15, -0.1) is 0 Å². The molecule has 2 aromatic heterocycles. The van der Waals surface area contributed by atoms with Crippen molar-refractivity contribution in [3.05, 3.63) is 17.8 Å². The molecule has 96 valence electrons. The van der Waals surface area contributed by atoms with Gasteiger partial charge >= 0.3 is 0 Å². The van der Waals surface area contributed by atoms with Gasteiger partial charge in [-0.25, -0.2) is 9.97 Å². The maximum atomic E-state index is 4.89. The van der Waals surface area contributed by atoms with Crippen LogP contribution >= 0.6 is 11.8 Å². The molecule has 0 radical (unpaired) electrons. The normalized spacial score (nSPS) is 10.4. The maximum absolute atomic E-state index is 4.89. The van der Waals surface area contributed by atoms with E-state index in [2.05, 4.69) is 30.7 Å². The van der Waals surface area contributed by atoms with E-state index in [9.17, 15) is 0 Å². The zero-order valence-corrected chi connectivity index (χ0v) is 11.2. The zero-order chi connectivity index (χ0) is 13.0. The van der Waals surface area contributed by atoms with Crippen LogP contribution < -0.4 is 10.6 Å². The average Bonchev–Trinajstić information content (AvgIpc) is 2.81. The molecule has 0 bridgehead atoms. The third kappa shape index (κ3) is 3.10. The lowest BCUT2D eigenvalue weighted by molar-refractivity contribution is 0.388. The van der Waals surface area contributed by atoms with Crippen LogP contribution in [0.3, 0.4) is 0 Å². The molecule has 8 heteroatoms. The summed E-state index contributed by atoms with van der Waals surface area (Å²) in [5, 5.41) is 10.6. The van der Waals surface area contributed by atoms with Crippen LogP contribution in [0.25, 0.3) is 0 Å². The van der Waals surface area contributed by atoms with Gasteiger partial charge in [-0.05, 0) is 6.26 Å². The van der Waals surface area contributed by atoms with Crippen LogP contribution in [0.2, 0.25) is 0 Å². The lowest BCUT2D eigenvalue weighted by atomic mass is 10.5. The third-order valence-electron chi connectivity index (χ3n) is 2.14. The fourth-order valence-corrected chi connectivity index (χ4v) is 1.70. The Kier molecular flexibility index (Phi) is 3.98. The monoisotopic (exact) mass is 266 g/mol. The fraction of sp³-hybridized carbons (Fsp3) is 0.400. The number of thioether (sulfide) groups is 1. The van der Waals surface area contributed by atoms with Gasteiger partial charge in [-0.1, -0.05) is 16.9 Å². The second-order valence-electron chi connectivity index (χ2n) is 3.46. The van der Waals surface area contributed by atoms with E-state index >= 15 is 0 Å². The Bertz CT molecular complexity index is 507. The first-order valence-electron chi connectivity index (χ1n) is 5.35. The Balaban J connectivity index is 2.08. The summed E-state index contributed by atoms with van der Waals surface area (Å²) in [6, 6.07) is 1.83. The second kappa shape index (κ2) is 5.67. The first-order valence-corrected chi connectivity index (χ1v) is 6.57. The summed E-state index contributed by atoms with van der Waals surface area (Å²) in [5.74, 6) is 2.64. The van der Waals surface area contributed by atoms with Crippen LogP contribution in [0.5, 0.6) is 0 Å². The van der Waals surface area contributed by atoms with Gasteiger partial charge in [0.2, 0.25) is 5.89 Å². The summed E-state index contributed by atoms with van der Waals surface area (Å²) < 4.78 is 4.89. The third-order valence-corrected chi connectivity index (χ3v) is 2.69. The zero-order valence-electron chi connectivity index (χ0n) is 10.4. The topological polar surface area (TPSA) is 88.8 Å². The van der Waals surface area contributed by atoms with E-state index < -0.39 is 0 Å². The minimum atomic E-state index is 0.464. The molecule has 2 heterocycles. The quantitative estimate of drug-likeness (QED) is 0.622. The molecule has 0 atom stereocenters. The molecule has 0 spiro atoms. The van der Waals surface area contributed by atoms with Gasteiger partial charge in [0.1, 0.15) is 11.6 Å². The van der Waals surface area contributed by atoms with Crippen molar-refractivity contribution in [2.75, 3.05) is 23.9 Å². The molecule has 18 heavy (non-hydrogen) atoms. The molecule has 0 unspecified atom stereocenters. The first kappa shape index (κ1) is 12.6. The number of rotatable bonds is 5. The Morgan fingerprint density at radius 2 is 2.06 bits per heavy atom. The Morgan fingerprint density at radius 3 is 2.67 bits per heavy atom. The molecular weight excluding hydrogens is 252 g/mol. The summed E-state index contributed by atoms with van der Waals surface area (Å²) in [6.07, 6.45) is 1.93. The van der Waals surface area contributed by atoms with E-state index in [0.717, 1.165) is 11.6 Å². The number of hydrogen-bond donors (Lipinski definition) is 2. The van der Waals surface area contributed by atoms with Crippen LogP contribution in [0.1, 0.15) is 11.7 Å². The predicted molar refractivity (Wildman–Crippen MR) is 69.7 cm³/mol. The molecule has 0 aromatic carbocycles. The minimum Gasteiger partial charge on any atom is -0.373 e. The molecule has 0 amide bonds. The summed E-state index contributed by atoms with van der Waals surface area (Å²) in [7, 11) is 1.82.